The number of amides is 1. The number of methoxy groups -OCH3 is 2. The Morgan fingerprint density at radius 3 is 2.41 bits per heavy atom. The van der Waals surface area contributed by atoms with Crippen LogP contribution < -0.4 is 14.8 Å². The third-order valence-electron chi connectivity index (χ3n) is 3.75. The fourth-order valence-corrected chi connectivity index (χ4v) is 3.44. The third-order valence-corrected chi connectivity index (χ3v) is 5.64. The molecule has 0 saturated carbocycles. The number of rotatable bonds is 8. The number of benzene rings is 2. The molecule has 0 spiro atoms. The van der Waals surface area contributed by atoms with Gasteiger partial charge in [0.1, 0.15) is 5.75 Å². The van der Waals surface area contributed by atoms with E-state index in [1.54, 1.807) is 12.1 Å². The second-order valence-electron chi connectivity index (χ2n) is 5.67. The number of ether oxygens (including phenoxy) is 2. The summed E-state index contributed by atoms with van der Waals surface area (Å²) in [7, 11) is -0.687. The maximum Gasteiger partial charge on any atom is 0.255 e. The predicted molar refractivity (Wildman–Crippen MR) is 104 cm³/mol. The number of carbonyl (C=O) groups is 1. The molecule has 0 saturated heterocycles. The summed E-state index contributed by atoms with van der Waals surface area (Å²) in [5, 5.41) is 3.27. The fourth-order valence-electron chi connectivity index (χ4n) is 2.27. The van der Waals surface area contributed by atoms with Crippen LogP contribution in [0.4, 0.5) is 5.69 Å². The quantitative estimate of drug-likeness (QED) is 0.650. The van der Waals surface area contributed by atoms with Crippen LogP contribution in [0.5, 0.6) is 5.75 Å². The molecule has 2 aromatic rings. The van der Waals surface area contributed by atoms with Gasteiger partial charge in [0.2, 0.25) is 10.0 Å². The maximum atomic E-state index is 12.5. The minimum atomic E-state index is -3.65. The van der Waals surface area contributed by atoms with Crippen molar-refractivity contribution in [1.82, 2.24) is 4.72 Å². The lowest BCUT2D eigenvalue weighted by Gasteiger charge is -2.12. The van der Waals surface area contributed by atoms with Gasteiger partial charge >= 0.3 is 0 Å². The number of hydrogen-bond acceptors (Lipinski definition) is 5. The number of carbonyl (C=O) groups excluding carboxylic acids is 1. The summed E-state index contributed by atoms with van der Waals surface area (Å²) >= 11 is 6.06. The molecule has 2 N–H and O–H groups in total. The first kappa shape index (κ1) is 21.2. The van der Waals surface area contributed by atoms with Gasteiger partial charge in [-0.15, -0.1) is 0 Å². The molecule has 9 heteroatoms. The highest BCUT2D eigenvalue weighted by atomic mass is 35.5. The van der Waals surface area contributed by atoms with Crippen molar-refractivity contribution in [3.63, 3.8) is 0 Å². The maximum absolute atomic E-state index is 12.5. The summed E-state index contributed by atoms with van der Waals surface area (Å²) in [5.74, 6) is 0.0341. The number of hydrogen-bond donors (Lipinski definition) is 2. The highest BCUT2D eigenvalue weighted by Crippen LogP contribution is 2.31. The molecule has 0 atom stereocenters. The summed E-state index contributed by atoms with van der Waals surface area (Å²) in [4.78, 5) is 12.5. The van der Waals surface area contributed by atoms with E-state index in [0.29, 0.717) is 22.0 Å². The van der Waals surface area contributed by atoms with E-state index in [4.69, 9.17) is 21.1 Å². The lowest BCUT2D eigenvalue weighted by molar-refractivity contribution is 0.102. The number of halogens is 1. The number of aryl methyl sites for hydroxylation is 1. The van der Waals surface area contributed by atoms with E-state index in [9.17, 15) is 13.2 Å². The molecule has 0 aliphatic rings. The third kappa shape index (κ3) is 5.43. The standard InChI is InChI=1S/C18H21ClN2O5S/c1-12-10-16(17(26-3)11-15(12)19)21-18(22)13-4-6-14(7-5-13)27(23,24)20-8-9-25-2/h4-7,10-11,20H,8-9H2,1-3H3,(H,21,22). The van der Waals surface area contributed by atoms with Crippen molar-refractivity contribution in [3.05, 3.63) is 52.5 Å². The zero-order chi connectivity index (χ0) is 20.0. The van der Waals surface area contributed by atoms with Gasteiger partial charge in [0, 0.05) is 30.3 Å². The molecular formula is C18H21ClN2O5S. The van der Waals surface area contributed by atoms with Gasteiger partial charge in [0.05, 0.1) is 24.3 Å². The second kappa shape index (κ2) is 9.18. The molecule has 27 heavy (non-hydrogen) atoms. The van der Waals surface area contributed by atoms with Crippen LogP contribution in [-0.2, 0) is 14.8 Å². The molecule has 0 aliphatic carbocycles. The first-order chi connectivity index (χ1) is 12.8. The van der Waals surface area contributed by atoms with E-state index < -0.39 is 15.9 Å². The van der Waals surface area contributed by atoms with E-state index in [2.05, 4.69) is 10.0 Å². The van der Waals surface area contributed by atoms with Crippen LogP contribution >= 0.6 is 11.6 Å². The fraction of sp³-hybridized carbons (Fsp3) is 0.278. The predicted octanol–water partition coefficient (Wildman–Crippen LogP) is 2.83. The van der Waals surface area contributed by atoms with Crippen molar-refractivity contribution >= 4 is 33.2 Å². The van der Waals surface area contributed by atoms with E-state index in [0.717, 1.165) is 5.56 Å². The molecule has 0 bridgehead atoms. The van der Waals surface area contributed by atoms with Gasteiger partial charge in [0.25, 0.3) is 5.91 Å². The Kier molecular flexibility index (Phi) is 7.20. The molecule has 0 fully saturated rings. The SMILES string of the molecule is COCCNS(=O)(=O)c1ccc(C(=O)Nc2cc(C)c(Cl)cc2OC)cc1. The van der Waals surface area contributed by atoms with E-state index in [-0.39, 0.29) is 18.0 Å². The van der Waals surface area contributed by atoms with Crippen LogP contribution in [0.1, 0.15) is 15.9 Å². The first-order valence-electron chi connectivity index (χ1n) is 8.02. The van der Waals surface area contributed by atoms with Crippen LogP contribution in [0.2, 0.25) is 5.02 Å². The molecule has 0 aromatic heterocycles. The number of nitrogens with one attached hydrogen (secondary N) is 2. The Morgan fingerprint density at radius 2 is 1.81 bits per heavy atom. The van der Waals surface area contributed by atoms with Crippen molar-refractivity contribution in [2.24, 2.45) is 0 Å². The van der Waals surface area contributed by atoms with Gasteiger partial charge in [0.15, 0.2) is 0 Å². The average molecular weight is 413 g/mol. The molecule has 2 rings (SSSR count). The Balaban J connectivity index is 2.16. The minimum absolute atomic E-state index is 0.0649. The van der Waals surface area contributed by atoms with Gasteiger partial charge in [-0.2, -0.15) is 0 Å². The van der Waals surface area contributed by atoms with Crippen LogP contribution in [0.3, 0.4) is 0 Å². The van der Waals surface area contributed by atoms with Crippen LogP contribution in [0, 0.1) is 6.92 Å². The summed E-state index contributed by atoms with van der Waals surface area (Å²) in [5.41, 5.74) is 1.57. The largest absolute Gasteiger partial charge is 0.495 e. The van der Waals surface area contributed by atoms with Gasteiger partial charge in [-0.3, -0.25) is 4.79 Å². The van der Waals surface area contributed by atoms with Crippen molar-refractivity contribution in [3.8, 4) is 5.75 Å². The highest BCUT2D eigenvalue weighted by molar-refractivity contribution is 7.89. The summed E-state index contributed by atoms with van der Waals surface area (Å²) in [6.45, 7) is 2.24. The van der Waals surface area contributed by atoms with Gasteiger partial charge in [-0.05, 0) is 42.8 Å². The van der Waals surface area contributed by atoms with E-state index >= 15 is 0 Å². The summed E-state index contributed by atoms with van der Waals surface area (Å²) in [6, 6.07) is 8.94. The molecule has 0 unspecified atom stereocenters. The normalized spacial score (nSPS) is 11.3. The smallest absolute Gasteiger partial charge is 0.255 e. The average Bonchev–Trinajstić information content (AvgIpc) is 2.64. The van der Waals surface area contributed by atoms with E-state index in [1.165, 1.54) is 38.5 Å². The highest BCUT2D eigenvalue weighted by Gasteiger charge is 2.16. The van der Waals surface area contributed by atoms with Gasteiger partial charge < -0.3 is 14.8 Å². The Morgan fingerprint density at radius 1 is 1.15 bits per heavy atom. The zero-order valence-corrected chi connectivity index (χ0v) is 16.8. The van der Waals surface area contributed by atoms with E-state index in [1.807, 2.05) is 6.92 Å². The molecule has 0 radical (unpaired) electrons. The zero-order valence-electron chi connectivity index (χ0n) is 15.2. The van der Waals surface area contributed by atoms with Crippen molar-refractivity contribution in [1.29, 1.82) is 0 Å². The van der Waals surface area contributed by atoms with Crippen LogP contribution in [0.25, 0.3) is 0 Å². The Bertz CT molecular complexity index is 914. The molecule has 0 aliphatic heterocycles. The van der Waals surface area contributed by atoms with Gasteiger partial charge in [-0.25, -0.2) is 13.1 Å². The van der Waals surface area contributed by atoms with Crippen molar-refractivity contribution in [2.75, 3.05) is 32.7 Å². The molecule has 1 amide bonds. The van der Waals surface area contributed by atoms with Gasteiger partial charge in [-0.1, -0.05) is 11.6 Å². The lowest BCUT2D eigenvalue weighted by Crippen LogP contribution is -2.27. The first-order valence-corrected chi connectivity index (χ1v) is 9.88. The molecule has 7 nitrogen and oxygen atoms in total. The number of sulfonamides is 1. The molecule has 146 valence electrons. The lowest BCUT2D eigenvalue weighted by atomic mass is 10.1. The summed E-state index contributed by atoms with van der Waals surface area (Å²) < 4.78 is 36.7. The molecular weight excluding hydrogens is 392 g/mol. The molecule has 2 aromatic carbocycles. The van der Waals surface area contributed by atoms with Crippen LogP contribution in [0.15, 0.2) is 41.3 Å². The van der Waals surface area contributed by atoms with Crippen molar-refractivity contribution < 1.29 is 22.7 Å². The molecule has 0 heterocycles. The summed E-state index contributed by atoms with van der Waals surface area (Å²) in [6.07, 6.45) is 0. The number of anilines is 1. The Hall–Kier alpha value is -2.13. The van der Waals surface area contributed by atoms with Crippen LogP contribution in [-0.4, -0.2) is 41.7 Å². The monoisotopic (exact) mass is 412 g/mol. The topological polar surface area (TPSA) is 93.7 Å². The Labute approximate surface area is 163 Å². The van der Waals surface area contributed by atoms with Crippen molar-refractivity contribution in [2.45, 2.75) is 11.8 Å². The second-order valence-corrected chi connectivity index (χ2v) is 7.84. The minimum Gasteiger partial charge on any atom is -0.495 e.